The summed E-state index contributed by atoms with van der Waals surface area (Å²) in [6.45, 7) is 8.80. The van der Waals surface area contributed by atoms with Crippen LogP contribution in [0.1, 0.15) is 46.0 Å². The number of nitrogens with one attached hydrogen (secondary N) is 1. The van der Waals surface area contributed by atoms with Gasteiger partial charge < -0.3 is 16.0 Å². The van der Waals surface area contributed by atoms with Crippen molar-refractivity contribution in [2.24, 2.45) is 23.5 Å². The number of nitrogens with zero attached hydrogens (tertiary/aromatic N) is 2. The van der Waals surface area contributed by atoms with Gasteiger partial charge in [0.1, 0.15) is 0 Å². The minimum atomic E-state index is 0. The largest absolute Gasteiger partial charge is 0.369 e. The maximum Gasteiger partial charge on any atom is 0.227 e. The molecular weight excluding hydrogens is 384 g/mol. The Morgan fingerprint density at radius 2 is 1.76 bits per heavy atom. The van der Waals surface area contributed by atoms with Crippen LogP contribution in [0.25, 0.3) is 0 Å². The summed E-state index contributed by atoms with van der Waals surface area (Å²) in [5.41, 5.74) is 8.53. The first-order valence-electron chi connectivity index (χ1n) is 11.2. The smallest absolute Gasteiger partial charge is 0.227 e. The van der Waals surface area contributed by atoms with Gasteiger partial charge in [0, 0.05) is 55.6 Å². The molecule has 2 unspecified atom stereocenters. The molecule has 1 amide bonds. The number of carbonyl (C=O) groups excluding carboxylic acids is 1. The molecule has 3 N–H and O–H groups in total. The fraction of sp³-hybridized carbons (Fsp3) is 0.696. The number of amides is 1. The summed E-state index contributed by atoms with van der Waals surface area (Å²) in [4.78, 5) is 17.9. The van der Waals surface area contributed by atoms with E-state index in [9.17, 15) is 4.79 Å². The maximum absolute atomic E-state index is 12.9. The number of hydrogen-bond donors (Lipinski definition) is 2. The van der Waals surface area contributed by atoms with Gasteiger partial charge in [0.05, 0.1) is 0 Å². The van der Waals surface area contributed by atoms with Gasteiger partial charge in [0.25, 0.3) is 0 Å². The van der Waals surface area contributed by atoms with Gasteiger partial charge in [-0.05, 0) is 69.6 Å². The minimum Gasteiger partial charge on any atom is -0.369 e. The van der Waals surface area contributed by atoms with Gasteiger partial charge in [-0.3, -0.25) is 9.69 Å². The summed E-state index contributed by atoms with van der Waals surface area (Å²) in [5.74, 6) is 1.37. The number of piperazine rings is 1. The fourth-order valence-electron chi connectivity index (χ4n) is 5.52. The van der Waals surface area contributed by atoms with E-state index in [1.165, 1.54) is 24.9 Å². The van der Waals surface area contributed by atoms with E-state index in [1.807, 2.05) is 6.07 Å². The molecule has 1 aromatic rings. The number of benzene rings is 1. The molecule has 3 aliphatic rings. The monoisotopic (exact) mass is 420 g/mol. The van der Waals surface area contributed by atoms with Gasteiger partial charge in [0.15, 0.2) is 0 Å². The molecule has 3 fully saturated rings. The molecule has 2 aliphatic carbocycles. The fourth-order valence-corrected chi connectivity index (χ4v) is 5.52. The highest BCUT2D eigenvalue weighted by molar-refractivity contribution is 5.93. The van der Waals surface area contributed by atoms with E-state index in [-0.39, 0.29) is 24.2 Å². The van der Waals surface area contributed by atoms with E-state index in [0.717, 1.165) is 44.7 Å². The van der Waals surface area contributed by atoms with Crippen LogP contribution in [0.15, 0.2) is 24.3 Å². The van der Waals surface area contributed by atoms with Crippen LogP contribution in [0.2, 0.25) is 0 Å². The Kier molecular flexibility index (Phi) is 7.47. The molecular formula is C23H37ClN4O. The third-order valence-electron chi connectivity index (χ3n) is 7.31. The van der Waals surface area contributed by atoms with E-state index in [2.05, 4.69) is 47.2 Å². The number of fused-ring (bicyclic) bond motifs is 2. The van der Waals surface area contributed by atoms with E-state index < -0.39 is 0 Å². The molecule has 4 rings (SSSR count). The lowest BCUT2D eigenvalue weighted by Gasteiger charge is -2.43. The predicted octanol–water partition coefficient (Wildman–Crippen LogP) is 3.73. The third kappa shape index (κ3) is 5.07. The van der Waals surface area contributed by atoms with Crippen molar-refractivity contribution >= 4 is 29.7 Å². The van der Waals surface area contributed by atoms with Gasteiger partial charge >= 0.3 is 0 Å². The third-order valence-corrected chi connectivity index (χ3v) is 7.31. The predicted molar refractivity (Wildman–Crippen MR) is 123 cm³/mol. The summed E-state index contributed by atoms with van der Waals surface area (Å²) < 4.78 is 0. The van der Waals surface area contributed by atoms with Gasteiger partial charge in [0.2, 0.25) is 5.91 Å². The molecule has 29 heavy (non-hydrogen) atoms. The lowest BCUT2D eigenvalue weighted by atomic mass is 9.65. The number of halogens is 1. The van der Waals surface area contributed by atoms with E-state index >= 15 is 0 Å². The van der Waals surface area contributed by atoms with Crippen molar-refractivity contribution in [3.05, 3.63) is 24.3 Å². The van der Waals surface area contributed by atoms with Crippen LogP contribution in [0, 0.1) is 17.8 Å². The highest BCUT2D eigenvalue weighted by Gasteiger charge is 2.40. The summed E-state index contributed by atoms with van der Waals surface area (Å²) in [6, 6.07) is 9.29. The Hall–Kier alpha value is -1.30. The first-order chi connectivity index (χ1) is 13.5. The van der Waals surface area contributed by atoms with Crippen molar-refractivity contribution in [3.8, 4) is 0 Å². The molecule has 2 bridgehead atoms. The summed E-state index contributed by atoms with van der Waals surface area (Å²) in [7, 11) is 0. The van der Waals surface area contributed by atoms with Crippen LogP contribution < -0.4 is 16.0 Å². The van der Waals surface area contributed by atoms with Crippen molar-refractivity contribution in [2.75, 3.05) is 36.4 Å². The molecule has 1 aliphatic heterocycles. The second-order valence-corrected chi connectivity index (χ2v) is 9.35. The van der Waals surface area contributed by atoms with Crippen LogP contribution in [0.4, 0.5) is 11.4 Å². The Morgan fingerprint density at radius 1 is 1.10 bits per heavy atom. The first-order valence-corrected chi connectivity index (χ1v) is 11.2. The molecule has 6 heteroatoms. The zero-order chi connectivity index (χ0) is 19.7. The molecule has 2 atom stereocenters. The minimum absolute atomic E-state index is 0. The van der Waals surface area contributed by atoms with Crippen LogP contribution in [0.5, 0.6) is 0 Å². The van der Waals surface area contributed by atoms with Gasteiger partial charge in [-0.2, -0.15) is 0 Å². The Labute approximate surface area is 181 Å². The lowest BCUT2D eigenvalue weighted by molar-refractivity contribution is -0.122. The Balaban J connectivity index is 0.00000240. The standard InChI is InChI=1S/C23H36N4O.ClH/c1-16(2)26-9-11-27(12-10-26)21-8-4-7-20(15-21)25-23(28)19-13-17-5-3-6-18(14-19)22(17)24;/h4,7-8,15-19,22H,3,5-6,9-14,24H2,1-2H3,(H,25,28);1H. The number of nitrogens with two attached hydrogens (primary N) is 1. The summed E-state index contributed by atoms with van der Waals surface area (Å²) in [5, 5.41) is 3.21. The van der Waals surface area contributed by atoms with Gasteiger partial charge in [-0.15, -0.1) is 12.4 Å². The number of carbonyl (C=O) groups is 1. The Morgan fingerprint density at radius 3 is 2.38 bits per heavy atom. The molecule has 2 saturated carbocycles. The molecule has 1 saturated heterocycles. The average molecular weight is 421 g/mol. The van der Waals surface area contributed by atoms with Crippen molar-refractivity contribution in [1.82, 2.24) is 4.90 Å². The molecule has 5 nitrogen and oxygen atoms in total. The van der Waals surface area contributed by atoms with Crippen molar-refractivity contribution in [1.29, 1.82) is 0 Å². The maximum atomic E-state index is 12.9. The second kappa shape index (κ2) is 9.67. The van der Waals surface area contributed by atoms with Gasteiger partial charge in [-0.1, -0.05) is 12.5 Å². The van der Waals surface area contributed by atoms with Crippen LogP contribution in [-0.2, 0) is 4.79 Å². The number of anilines is 2. The molecule has 162 valence electrons. The second-order valence-electron chi connectivity index (χ2n) is 9.35. The van der Waals surface area contributed by atoms with Crippen LogP contribution in [0.3, 0.4) is 0 Å². The zero-order valence-electron chi connectivity index (χ0n) is 17.8. The highest BCUT2D eigenvalue weighted by Crippen LogP contribution is 2.42. The van der Waals surface area contributed by atoms with Crippen LogP contribution in [-0.4, -0.2) is 49.1 Å². The molecule has 0 radical (unpaired) electrons. The van der Waals surface area contributed by atoms with Gasteiger partial charge in [-0.25, -0.2) is 0 Å². The van der Waals surface area contributed by atoms with Crippen LogP contribution >= 0.6 is 12.4 Å². The van der Waals surface area contributed by atoms with E-state index in [1.54, 1.807) is 0 Å². The zero-order valence-corrected chi connectivity index (χ0v) is 18.7. The summed E-state index contributed by atoms with van der Waals surface area (Å²) in [6.07, 6.45) is 5.59. The lowest BCUT2D eigenvalue weighted by Crippen LogP contribution is -2.49. The average Bonchev–Trinajstić information content (AvgIpc) is 2.68. The normalized spacial score (nSPS) is 30.0. The van der Waals surface area contributed by atoms with Crippen molar-refractivity contribution in [3.63, 3.8) is 0 Å². The van der Waals surface area contributed by atoms with Crippen molar-refractivity contribution in [2.45, 2.75) is 58.0 Å². The summed E-state index contributed by atoms with van der Waals surface area (Å²) >= 11 is 0. The first kappa shape index (κ1) is 22.4. The Bertz CT molecular complexity index is 675. The topological polar surface area (TPSA) is 61.6 Å². The molecule has 0 spiro atoms. The molecule has 1 aromatic carbocycles. The SMILES string of the molecule is CC(C)N1CCN(c2cccc(NC(=O)C3CC4CCCC(C3)C4N)c2)CC1.Cl. The highest BCUT2D eigenvalue weighted by atomic mass is 35.5. The van der Waals surface area contributed by atoms with Crippen molar-refractivity contribution < 1.29 is 4.79 Å². The molecule has 1 heterocycles. The quantitative estimate of drug-likeness (QED) is 0.779. The number of hydrogen-bond acceptors (Lipinski definition) is 4. The van der Waals surface area contributed by atoms with E-state index in [0.29, 0.717) is 23.9 Å². The van der Waals surface area contributed by atoms with E-state index in [4.69, 9.17) is 5.73 Å². The number of rotatable bonds is 4. The molecule has 0 aromatic heterocycles.